The van der Waals surface area contributed by atoms with Gasteiger partial charge >= 0.3 is 0 Å². The smallest absolute Gasteiger partial charge is 0.260 e. The Morgan fingerprint density at radius 1 is 1.23 bits per heavy atom. The van der Waals surface area contributed by atoms with Crippen molar-refractivity contribution in [1.82, 2.24) is 14.1 Å². The molecule has 0 spiro atoms. The van der Waals surface area contributed by atoms with Crippen molar-refractivity contribution in [2.45, 2.75) is 6.42 Å². The van der Waals surface area contributed by atoms with Gasteiger partial charge in [0.2, 0.25) is 10.0 Å². The van der Waals surface area contributed by atoms with Gasteiger partial charge in [0.1, 0.15) is 0 Å². The van der Waals surface area contributed by atoms with Crippen molar-refractivity contribution in [2.75, 3.05) is 12.3 Å². The lowest BCUT2D eigenvalue weighted by Crippen LogP contribution is -2.30. The molecule has 114 valence electrons. The Bertz CT molecular complexity index is 810. The first-order chi connectivity index (χ1) is 10.6. The van der Waals surface area contributed by atoms with Gasteiger partial charge in [-0.2, -0.15) is 5.10 Å². The van der Waals surface area contributed by atoms with E-state index >= 15 is 0 Å². The molecule has 1 aromatic heterocycles. The molecule has 1 aliphatic heterocycles. The number of nitrogens with zero attached hydrogens (tertiary/aromatic N) is 3. The summed E-state index contributed by atoms with van der Waals surface area (Å²) in [5, 5.41) is 4.21. The monoisotopic (exact) mass is 317 g/mol. The van der Waals surface area contributed by atoms with E-state index in [4.69, 9.17) is 0 Å². The van der Waals surface area contributed by atoms with E-state index in [0.717, 1.165) is 15.6 Å². The zero-order chi connectivity index (χ0) is 15.6. The largest absolute Gasteiger partial charge is 0.269 e. The molecule has 0 unspecified atom stereocenters. The van der Waals surface area contributed by atoms with E-state index in [1.54, 1.807) is 23.2 Å². The minimum absolute atomic E-state index is 0.0402. The summed E-state index contributed by atoms with van der Waals surface area (Å²) in [5.74, 6) is -0.469. The fourth-order valence-corrected chi connectivity index (χ4v) is 3.74. The Balaban J connectivity index is 1.74. The number of hydrogen-bond donors (Lipinski definition) is 0. The highest BCUT2D eigenvalue weighted by molar-refractivity contribution is 7.89. The predicted octanol–water partition coefficient (Wildman–Crippen LogP) is 1.45. The lowest BCUT2D eigenvalue weighted by Gasteiger charge is -2.11. The molecule has 1 aromatic carbocycles. The van der Waals surface area contributed by atoms with Crippen LogP contribution < -0.4 is 0 Å². The van der Waals surface area contributed by atoms with Crippen LogP contribution in [0.25, 0.3) is 11.8 Å². The van der Waals surface area contributed by atoms with Crippen LogP contribution in [0.4, 0.5) is 0 Å². The van der Waals surface area contributed by atoms with Crippen LogP contribution in [-0.2, 0) is 14.8 Å². The molecule has 0 saturated carbocycles. The first-order valence-electron chi connectivity index (χ1n) is 6.89. The number of carbonyl (C=O) groups excluding carboxylic acids is 1. The van der Waals surface area contributed by atoms with E-state index < -0.39 is 15.9 Å². The Kier molecular flexibility index (Phi) is 3.81. The van der Waals surface area contributed by atoms with Crippen LogP contribution in [-0.4, -0.2) is 40.7 Å². The summed E-state index contributed by atoms with van der Waals surface area (Å²) >= 11 is 0. The molecular weight excluding hydrogens is 302 g/mol. The maximum atomic E-state index is 11.9. The Hall–Kier alpha value is -2.41. The van der Waals surface area contributed by atoms with Gasteiger partial charge in [-0.3, -0.25) is 4.79 Å². The summed E-state index contributed by atoms with van der Waals surface area (Å²) in [6.45, 7) is 0.259. The van der Waals surface area contributed by atoms with Gasteiger partial charge < -0.3 is 0 Å². The minimum atomic E-state index is -3.42. The molecule has 0 bridgehead atoms. The van der Waals surface area contributed by atoms with Crippen molar-refractivity contribution in [3.63, 3.8) is 0 Å². The topological polar surface area (TPSA) is 72.3 Å². The van der Waals surface area contributed by atoms with E-state index in [0.29, 0.717) is 6.42 Å². The van der Waals surface area contributed by atoms with Crippen LogP contribution in [0.2, 0.25) is 0 Å². The standard InChI is InChI=1S/C15H15N3O3S/c19-15(18-9-4-10-22(18,20)21)8-7-13-11-16-17(12-13)14-5-2-1-3-6-14/h1-3,5-8,11-12H,4,9-10H2. The van der Waals surface area contributed by atoms with Crippen LogP contribution in [0, 0.1) is 0 Å². The van der Waals surface area contributed by atoms with Gasteiger partial charge in [-0.15, -0.1) is 0 Å². The second kappa shape index (κ2) is 5.76. The quantitative estimate of drug-likeness (QED) is 0.803. The normalized spacial score (nSPS) is 17.2. The van der Waals surface area contributed by atoms with Crippen LogP contribution in [0.3, 0.4) is 0 Å². The Morgan fingerprint density at radius 2 is 2.00 bits per heavy atom. The maximum absolute atomic E-state index is 11.9. The molecule has 1 fully saturated rings. The number of benzene rings is 1. The number of amides is 1. The van der Waals surface area contributed by atoms with Gasteiger partial charge in [-0.05, 0) is 24.6 Å². The number of aromatic nitrogens is 2. The zero-order valence-electron chi connectivity index (χ0n) is 11.8. The van der Waals surface area contributed by atoms with Crippen molar-refractivity contribution in [1.29, 1.82) is 0 Å². The number of rotatable bonds is 3. The highest BCUT2D eigenvalue weighted by Crippen LogP contribution is 2.15. The molecule has 7 heteroatoms. The molecule has 3 rings (SSSR count). The number of hydrogen-bond acceptors (Lipinski definition) is 4. The maximum Gasteiger partial charge on any atom is 0.260 e. The number of para-hydroxylation sites is 1. The zero-order valence-corrected chi connectivity index (χ0v) is 12.6. The van der Waals surface area contributed by atoms with Crippen LogP contribution in [0.1, 0.15) is 12.0 Å². The summed E-state index contributed by atoms with van der Waals surface area (Å²) in [6, 6.07) is 9.58. The lowest BCUT2D eigenvalue weighted by atomic mass is 10.3. The average Bonchev–Trinajstić information content (AvgIpc) is 3.12. The Morgan fingerprint density at radius 3 is 2.68 bits per heavy atom. The first-order valence-corrected chi connectivity index (χ1v) is 8.50. The van der Waals surface area contributed by atoms with Gasteiger partial charge in [0.15, 0.2) is 0 Å². The van der Waals surface area contributed by atoms with E-state index in [1.165, 1.54) is 6.08 Å². The molecule has 2 aromatic rings. The lowest BCUT2D eigenvalue weighted by molar-refractivity contribution is -0.121. The average molecular weight is 317 g/mol. The van der Waals surface area contributed by atoms with Crippen LogP contribution >= 0.6 is 0 Å². The van der Waals surface area contributed by atoms with Gasteiger partial charge in [0.05, 0.1) is 17.6 Å². The van der Waals surface area contributed by atoms with Crippen molar-refractivity contribution in [2.24, 2.45) is 0 Å². The summed E-state index contributed by atoms with van der Waals surface area (Å²) in [4.78, 5) is 11.9. The van der Waals surface area contributed by atoms with E-state index in [1.807, 2.05) is 30.3 Å². The Labute approximate surface area is 128 Å². The fourth-order valence-electron chi connectivity index (χ4n) is 2.28. The molecule has 1 saturated heterocycles. The molecule has 6 nitrogen and oxygen atoms in total. The predicted molar refractivity (Wildman–Crippen MR) is 82.7 cm³/mol. The number of sulfonamides is 1. The van der Waals surface area contributed by atoms with Crippen molar-refractivity contribution < 1.29 is 13.2 Å². The molecule has 2 heterocycles. The molecule has 1 amide bonds. The summed E-state index contributed by atoms with van der Waals surface area (Å²) in [7, 11) is -3.42. The van der Waals surface area contributed by atoms with E-state index in [-0.39, 0.29) is 12.3 Å². The van der Waals surface area contributed by atoms with E-state index in [9.17, 15) is 13.2 Å². The summed E-state index contributed by atoms with van der Waals surface area (Å²) in [6.07, 6.45) is 6.73. The summed E-state index contributed by atoms with van der Waals surface area (Å²) < 4.78 is 25.9. The third-order valence-corrected chi connectivity index (χ3v) is 5.23. The first kappa shape index (κ1) is 14.5. The third kappa shape index (κ3) is 2.94. The second-order valence-corrected chi connectivity index (χ2v) is 6.98. The third-order valence-electron chi connectivity index (χ3n) is 3.39. The highest BCUT2D eigenvalue weighted by Gasteiger charge is 2.30. The van der Waals surface area contributed by atoms with Crippen molar-refractivity contribution in [3.8, 4) is 5.69 Å². The van der Waals surface area contributed by atoms with Gasteiger partial charge in [-0.25, -0.2) is 17.4 Å². The molecule has 0 radical (unpaired) electrons. The van der Waals surface area contributed by atoms with Gasteiger partial charge in [0.25, 0.3) is 5.91 Å². The van der Waals surface area contributed by atoms with Gasteiger partial charge in [0, 0.05) is 24.4 Å². The molecular formula is C15H15N3O3S. The number of carbonyl (C=O) groups is 1. The molecule has 0 atom stereocenters. The van der Waals surface area contributed by atoms with Crippen LogP contribution in [0.5, 0.6) is 0 Å². The van der Waals surface area contributed by atoms with Crippen molar-refractivity contribution in [3.05, 3.63) is 54.4 Å². The fraction of sp³-hybridized carbons (Fsp3) is 0.200. The van der Waals surface area contributed by atoms with Gasteiger partial charge in [-0.1, -0.05) is 18.2 Å². The van der Waals surface area contributed by atoms with E-state index in [2.05, 4.69) is 5.10 Å². The minimum Gasteiger partial charge on any atom is -0.269 e. The SMILES string of the molecule is O=C(C=Cc1cnn(-c2ccccc2)c1)N1CCCS1(=O)=O. The second-order valence-electron chi connectivity index (χ2n) is 4.97. The summed E-state index contributed by atoms with van der Waals surface area (Å²) in [5.41, 5.74) is 1.64. The highest BCUT2D eigenvalue weighted by atomic mass is 32.2. The molecule has 0 N–H and O–H groups in total. The van der Waals surface area contributed by atoms with Crippen molar-refractivity contribution >= 4 is 22.0 Å². The molecule has 1 aliphatic rings. The van der Waals surface area contributed by atoms with Crippen LogP contribution in [0.15, 0.2) is 48.8 Å². The molecule has 0 aliphatic carbocycles. The molecule has 22 heavy (non-hydrogen) atoms.